The molecule has 0 spiro atoms. The fraction of sp³-hybridized carbons (Fsp3) is 0.500. The zero-order chi connectivity index (χ0) is 10.9. The molecule has 1 rings (SSSR count). The second kappa shape index (κ2) is 3.91. The first-order chi connectivity index (χ1) is 6.43. The fourth-order valence-electron chi connectivity index (χ4n) is 1.41. The van der Waals surface area contributed by atoms with Gasteiger partial charge < -0.3 is 9.84 Å². The van der Waals surface area contributed by atoms with Crippen LogP contribution in [0.1, 0.15) is 30.5 Å². The second-order valence-corrected chi connectivity index (χ2v) is 3.96. The summed E-state index contributed by atoms with van der Waals surface area (Å²) in [7, 11) is 0. The summed E-state index contributed by atoms with van der Waals surface area (Å²) >= 11 is 0. The van der Waals surface area contributed by atoms with Gasteiger partial charge >= 0.3 is 0 Å². The highest BCUT2D eigenvalue weighted by molar-refractivity contribution is 5.51. The lowest BCUT2D eigenvalue weighted by Gasteiger charge is -2.16. The summed E-state index contributed by atoms with van der Waals surface area (Å²) in [6.45, 7) is 9.75. The van der Waals surface area contributed by atoms with Crippen LogP contribution in [0.5, 0.6) is 11.5 Å². The van der Waals surface area contributed by atoms with Gasteiger partial charge in [-0.3, -0.25) is 0 Å². The Labute approximate surface area is 85.5 Å². The normalized spacial score (nSPS) is 10.7. The van der Waals surface area contributed by atoms with Crippen molar-refractivity contribution in [3.05, 3.63) is 22.8 Å². The van der Waals surface area contributed by atoms with Crippen molar-refractivity contribution in [2.45, 2.75) is 40.7 Å². The van der Waals surface area contributed by atoms with Crippen molar-refractivity contribution >= 4 is 0 Å². The molecule has 0 radical (unpaired) electrons. The van der Waals surface area contributed by atoms with Crippen LogP contribution in [0, 0.1) is 20.8 Å². The number of benzene rings is 1. The molecule has 0 aliphatic carbocycles. The molecular formula is C12H18O2. The highest BCUT2D eigenvalue weighted by Crippen LogP contribution is 2.32. The summed E-state index contributed by atoms with van der Waals surface area (Å²) in [6.07, 6.45) is 0.164. The van der Waals surface area contributed by atoms with E-state index in [4.69, 9.17) is 4.74 Å². The Kier molecular flexibility index (Phi) is 3.04. The zero-order valence-electron chi connectivity index (χ0n) is 9.51. The lowest BCUT2D eigenvalue weighted by molar-refractivity contribution is 0.240. The Balaban J connectivity index is 3.19. The monoisotopic (exact) mass is 194 g/mol. The Bertz CT molecular complexity index is 341. The molecule has 0 aromatic heterocycles. The molecule has 1 aromatic rings. The number of aryl methyl sites for hydroxylation is 1. The quantitative estimate of drug-likeness (QED) is 0.783. The van der Waals surface area contributed by atoms with E-state index in [9.17, 15) is 5.11 Å². The Morgan fingerprint density at radius 3 is 2.21 bits per heavy atom. The number of phenols is 1. The number of hydrogen-bond donors (Lipinski definition) is 1. The van der Waals surface area contributed by atoms with Crippen LogP contribution in [0.4, 0.5) is 0 Å². The van der Waals surface area contributed by atoms with E-state index in [-0.39, 0.29) is 6.10 Å². The molecule has 0 atom stereocenters. The molecule has 1 aromatic carbocycles. The van der Waals surface area contributed by atoms with Crippen LogP contribution in [0.2, 0.25) is 0 Å². The van der Waals surface area contributed by atoms with Gasteiger partial charge in [-0.2, -0.15) is 0 Å². The second-order valence-electron chi connectivity index (χ2n) is 3.96. The molecule has 0 heterocycles. The maximum absolute atomic E-state index is 9.69. The van der Waals surface area contributed by atoms with Gasteiger partial charge in [0, 0.05) is 0 Å². The SMILES string of the molecule is Cc1cc(OC(C)C)c(C)c(C)c1O. The molecule has 0 aliphatic rings. The largest absolute Gasteiger partial charge is 0.507 e. The molecule has 1 N–H and O–H groups in total. The third kappa shape index (κ3) is 2.00. The summed E-state index contributed by atoms with van der Waals surface area (Å²) in [5.74, 6) is 1.24. The number of ether oxygens (including phenoxy) is 1. The smallest absolute Gasteiger partial charge is 0.123 e. The molecule has 0 bridgehead atoms. The molecule has 0 saturated carbocycles. The van der Waals surface area contributed by atoms with E-state index >= 15 is 0 Å². The molecule has 78 valence electrons. The molecule has 0 unspecified atom stereocenters. The van der Waals surface area contributed by atoms with Crippen LogP contribution in [0.3, 0.4) is 0 Å². The van der Waals surface area contributed by atoms with Crippen molar-refractivity contribution < 1.29 is 9.84 Å². The lowest BCUT2D eigenvalue weighted by Crippen LogP contribution is -2.07. The van der Waals surface area contributed by atoms with Crippen LogP contribution in [0.15, 0.2) is 6.07 Å². The Morgan fingerprint density at radius 2 is 1.71 bits per heavy atom. The average molecular weight is 194 g/mol. The predicted molar refractivity (Wildman–Crippen MR) is 58.1 cm³/mol. The van der Waals surface area contributed by atoms with Gasteiger partial charge in [-0.15, -0.1) is 0 Å². The van der Waals surface area contributed by atoms with Crippen molar-refractivity contribution in [1.29, 1.82) is 0 Å². The summed E-state index contributed by atoms with van der Waals surface area (Å²) in [4.78, 5) is 0. The summed E-state index contributed by atoms with van der Waals surface area (Å²) in [6, 6.07) is 1.89. The lowest BCUT2D eigenvalue weighted by atomic mass is 10.0. The maximum Gasteiger partial charge on any atom is 0.123 e. The third-order valence-electron chi connectivity index (χ3n) is 2.37. The van der Waals surface area contributed by atoms with E-state index in [0.717, 1.165) is 22.4 Å². The van der Waals surface area contributed by atoms with Crippen LogP contribution in [-0.4, -0.2) is 11.2 Å². The highest BCUT2D eigenvalue weighted by atomic mass is 16.5. The van der Waals surface area contributed by atoms with Gasteiger partial charge in [0.1, 0.15) is 11.5 Å². The maximum atomic E-state index is 9.69. The van der Waals surface area contributed by atoms with E-state index < -0.39 is 0 Å². The van der Waals surface area contributed by atoms with Gasteiger partial charge in [-0.1, -0.05) is 0 Å². The van der Waals surface area contributed by atoms with Crippen molar-refractivity contribution in [3.63, 3.8) is 0 Å². The predicted octanol–water partition coefficient (Wildman–Crippen LogP) is 3.10. The molecule has 0 amide bonds. The molecule has 2 nitrogen and oxygen atoms in total. The van der Waals surface area contributed by atoms with Crippen molar-refractivity contribution in [1.82, 2.24) is 0 Å². The molecule has 14 heavy (non-hydrogen) atoms. The minimum atomic E-state index is 0.164. The number of rotatable bonds is 2. The topological polar surface area (TPSA) is 29.5 Å². The summed E-state index contributed by atoms with van der Waals surface area (Å²) in [5, 5.41) is 9.69. The van der Waals surface area contributed by atoms with Crippen LogP contribution in [-0.2, 0) is 0 Å². The van der Waals surface area contributed by atoms with Crippen LogP contribution >= 0.6 is 0 Å². The Morgan fingerprint density at radius 1 is 1.14 bits per heavy atom. The Hall–Kier alpha value is -1.18. The standard InChI is InChI=1S/C12H18O2/c1-7(2)14-11-6-8(3)12(13)10(5)9(11)4/h6-7,13H,1-5H3. The molecule has 0 fully saturated rings. The van der Waals surface area contributed by atoms with Gasteiger partial charge in [0.15, 0.2) is 0 Å². The van der Waals surface area contributed by atoms with E-state index in [1.54, 1.807) is 0 Å². The van der Waals surface area contributed by atoms with Gasteiger partial charge in [0.2, 0.25) is 0 Å². The minimum absolute atomic E-state index is 0.164. The molecule has 2 heteroatoms. The zero-order valence-corrected chi connectivity index (χ0v) is 9.51. The number of hydrogen-bond acceptors (Lipinski definition) is 2. The van der Waals surface area contributed by atoms with E-state index in [0.29, 0.717) is 5.75 Å². The molecular weight excluding hydrogens is 176 g/mol. The third-order valence-corrected chi connectivity index (χ3v) is 2.37. The van der Waals surface area contributed by atoms with E-state index in [1.807, 2.05) is 40.7 Å². The van der Waals surface area contributed by atoms with Gasteiger partial charge in [0.05, 0.1) is 6.10 Å². The average Bonchev–Trinajstić information content (AvgIpc) is 2.10. The highest BCUT2D eigenvalue weighted by Gasteiger charge is 2.10. The van der Waals surface area contributed by atoms with E-state index in [2.05, 4.69) is 0 Å². The summed E-state index contributed by atoms with van der Waals surface area (Å²) < 4.78 is 5.65. The molecule has 0 aliphatic heterocycles. The molecule has 0 saturated heterocycles. The van der Waals surface area contributed by atoms with Crippen molar-refractivity contribution in [2.24, 2.45) is 0 Å². The first-order valence-corrected chi connectivity index (χ1v) is 4.90. The number of aromatic hydroxyl groups is 1. The number of phenolic OH excluding ortho intramolecular Hbond substituents is 1. The van der Waals surface area contributed by atoms with E-state index in [1.165, 1.54) is 0 Å². The first-order valence-electron chi connectivity index (χ1n) is 4.90. The summed E-state index contributed by atoms with van der Waals surface area (Å²) in [5.41, 5.74) is 2.78. The minimum Gasteiger partial charge on any atom is -0.507 e. The van der Waals surface area contributed by atoms with Crippen molar-refractivity contribution in [2.75, 3.05) is 0 Å². The van der Waals surface area contributed by atoms with Crippen LogP contribution in [0.25, 0.3) is 0 Å². The van der Waals surface area contributed by atoms with Crippen molar-refractivity contribution in [3.8, 4) is 11.5 Å². The van der Waals surface area contributed by atoms with Gasteiger partial charge in [-0.25, -0.2) is 0 Å². The van der Waals surface area contributed by atoms with Gasteiger partial charge in [-0.05, 0) is 57.4 Å². The van der Waals surface area contributed by atoms with Gasteiger partial charge in [0.25, 0.3) is 0 Å². The first kappa shape index (κ1) is 10.9. The van der Waals surface area contributed by atoms with Crippen LogP contribution < -0.4 is 4.74 Å². The fourth-order valence-corrected chi connectivity index (χ4v) is 1.41.